The molecule has 0 aliphatic carbocycles. The minimum atomic E-state index is -3.97. The molecule has 0 saturated heterocycles. The molecule has 0 aliphatic rings. The molecule has 2 heterocycles. The number of benzene rings is 1. The van der Waals surface area contributed by atoms with Crippen molar-refractivity contribution in [3.63, 3.8) is 0 Å². The molecule has 0 bridgehead atoms. The van der Waals surface area contributed by atoms with Gasteiger partial charge in [0, 0.05) is 25.0 Å². The van der Waals surface area contributed by atoms with Crippen LogP contribution in [0.5, 0.6) is 0 Å². The average molecular weight is 430 g/mol. The SMILES string of the molecule is O=S(=O)(Cc1cc(F)cc(F)c1)NCCS(=O)(=O)Nc1ccn2nccc2c1. The number of fused-ring (bicyclic) bond motifs is 1. The van der Waals surface area contributed by atoms with Crippen molar-refractivity contribution in [2.75, 3.05) is 17.0 Å². The number of halogens is 2. The standard InChI is InChI=1S/C16H16F2N4O4S2/c17-13-7-12(8-14(18)9-13)11-28(25,26)20-4-6-27(23,24)21-15-2-5-22-16(10-15)1-3-19-22/h1-3,5,7-10,20-21H,4,6,11H2. The first kappa shape index (κ1) is 20.2. The first-order chi connectivity index (χ1) is 13.1. The van der Waals surface area contributed by atoms with Crippen molar-refractivity contribution >= 4 is 31.3 Å². The molecule has 0 amide bonds. The first-order valence-electron chi connectivity index (χ1n) is 7.98. The van der Waals surface area contributed by atoms with Crippen molar-refractivity contribution in [3.8, 4) is 0 Å². The van der Waals surface area contributed by atoms with E-state index in [1.807, 2.05) is 0 Å². The summed E-state index contributed by atoms with van der Waals surface area (Å²) in [6.45, 7) is -0.398. The zero-order chi connectivity index (χ0) is 20.4. The number of nitrogens with zero attached hydrogens (tertiary/aromatic N) is 2. The largest absolute Gasteiger partial charge is 0.283 e. The van der Waals surface area contributed by atoms with Gasteiger partial charge in [-0.3, -0.25) is 4.72 Å². The zero-order valence-corrected chi connectivity index (χ0v) is 16.0. The van der Waals surface area contributed by atoms with Crippen molar-refractivity contribution < 1.29 is 25.6 Å². The van der Waals surface area contributed by atoms with Crippen LogP contribution in [0.15, 0.2) is 48.8 Å². The average Bonchev–Trinajstić information content (AvgIpc) is 2.99. The van der Waals surface area contributed by atoms with Crippen LogP contribution in [0.1, 0.15) is 5.56 Å². The van der Waals surface area contributed by atoms with E-state index in [0.717, 1.165) is 12.1 Å². The molecule has 8 nitrogen and oxygen atoms in total. The normalized spacial score (nSPS) is 12.4. The third kappa shape index (κ3) is 5.47. The van der Waals surface area contributed by atoms with Crippen LogP contribution in [0, 0.1) is 11.6 Å². The smallest absolute Gasteiger partial charge is 0.234 e. The second-order valence-corrected chi connectivity index (χ2v) is 9.62. The Labute approximate surface area is 160 Å². The third-order valence-corrected chi connectivity index (χ3v) is 6.29. The number of hydrogen-bond donors (Lipinski definition) is 2. The number of nitrogens with one attached hydrogen (secondary N) is 2. The summed E-state index contributed by atoms with van der Waals surface area (Å²) in [5.41, 5.74) is 0.911. The highest BCUT2D eigenvalue weighted by Gasteiger charge is 2.16. The minimum Gasteiger partial charge on any atom is -0.283 e. The number of pyridine rings is 1. The molecule has 3 rings (SSSR count). The maximum absolute atomic E-state index is 13.1. The van der Waals surface area contributed by atoms with Crippen LogP contribution in [0.25, 0.3) is 5.52 Å². The first-order valence-corrected chi connectivity index (χ1v) is 11.3. The van der Waals surface area contributed by atoms with Gasteiger partial charge in [-0.2, -0.15) is 5.10 Å². The van der Waals surface area contributed by atoms with Crippen LogP contribution in [-0.4, -0.2) is 38.7 Å². The summed E-state index contributed by atoms with van der Waals surface area (Å²) >= 11 is 0. The van der Waals surface area contributed by atoms with Gasteiger partial charge in [-0.15, -0.1) is 0 Å². The van der Waals surface area contributed by atoms with Crippen LogP contribution >= 0.6 is 0 Å². The molecule has 1 aromatic carbocycles. The Hall–Kier alpha value is -2.57. The summed E-state index contributed by atoms with van der Waals surface area (Å²) in [6.07, 6.45) is 3.14. The number of anilines is 1. The molecule has 28 heavy (non-hydrogen) atoms. The van der Waals surface area contributed by atoms with Gasteiger partial charge in [-0.05, 0) is 35.9 Å². The minimum absolute atomic E-state index is 0.0832. The fourth-order valence-electron chi connectivity index (χ4n) is 2.51. The Kier molecular flexibility index (Phi) is 5.63. The molecule has 150 valence electrons. The quantitative estimate of drug-likeness (QED) is 0.563. The van der Waals surface area contributed by atoms with E-state index < -0.39 is 49.7 Å². The summed E-state index contributed by atoms with van der Waals surface area (Å²) in [4.78, 5) is 0. The van der Waals surface area contributed by atoms with Crippen LogP contribution in [0.2, 0.25) is 0 Å². The van der Waals surface area contributed by atoms with Gasteiger partial charge in [0.15, 0.2) is 0 Å². The van der Waals surface area contributed by atoms with E-state index in [1.165, 1.54) is 6.07 Å². The highest BCUT2D eigenvalue weighted by molar-refractivity contribution is 7.92. The van der Waals surface area contributed by atoms with Gasteiger partial charge in [0.1, 0.15) is 11.6 Å². The van der Waals surface area contributed by atoms with Gasteiger partial charge in [-0.25, -0.2) is 34.9 Å². The maximum atomic E-state index is 13.1. The lowest BCUT2D eigenvalue weighted by Gasteiger charge is -2.10. The van der Waals surface area contributed by atoms with Crippen molar-refractivity contribution in [1.82, 2.24) is 14.3 Å². The molecule has 3 aromatic rings. The Bertz CT molecular complexity index is 1190. The lowest BCUT2D eigenvalue weighted by molar-refractivity contribution is 0.575. The fraction of sp³-hybridized carbons (Fsp3) is 0.188. The number of aromatic nitrogens is 2. The predicted octanol–water partition coefficient (Wildman–Crippen LogP) is 1.47. The molecule has 2 aromatic heterocycles. The third-order valence-electron chi connectivity index (χ3n) is 3.64. The molecular formula is C16H16F2N4O4S2. The van der Waals surface area contributed by atoms with E-state index in [1.54, 1.807) is 29.0 Å². The van der Waals surface area contributed by atoms with E-state index in [2.05, 4.69) is 14.5 Å². The molecule has 12 heteroatoms. The molecule has 0 radical (unpaired) electrons. The van der Waals surface area contributed by atoms with Gasteiger partial charge in [0.2, 0.25) is 20.0 Å². The highest BCUT2D eigenvalue weighted by Crippen LogP contribution is 2.13. The van der Waals surface area contributed by atoms with E-state index in [4.69, 9.17) is 0 Å². The van der Waals surface area contributed by atoms with Crippen LogP contribution in [0.3, 0.4) is 0 Å². The van der Waals surface area contributed by atoms with Gasteiger partial charge >= 0.3 is 0 Å². The number of rotatable bonds is 8. The van der Waals surface area contributed by atoms with E-state index in [9.17, 15) is 25.6 Å². The van der Waals surface area contributed by atoms with Crippen molar-refractivity contribution in [3.05, 3.63) is 66.0 Å². The molecule has 0 aliphatic heterocycles. The van der Waals surface area contributed by atoms with Crippen LogP contribution < -0.4 is 9.44 Å². The lowest BCUT2D eigenvalue weighted by Crippen LogP contribution is -2.32. The summed E-state index contributed by atoms with van der Waals surface area (Å²) < 4.78 is 80.6. The van der Waals surface area contributed by atoms with E-state index in [-0.39, 0.29) is 5.56 Å². The molecule has 0 atom stereocenters. The van der Waals surface area contributed by atoms with Gasteiger partial charge in [0.05, 0.1) is 22.7 Å². The van der Waals surface area contributed by atoms with Crippen molar-refractivity contribution in [2.45, 2.75) is 5.75 Å². The Morgan fingerprint density at radius 1 is 0.964 bits per heavy atom. The monoisotopic (exact) mass is 430 g/mol. The Morgan fingerprint density at radius 2 is 1.68 bits per heavy atom. The Balaban J connectivity index is 1.57. The predicted molar refractivity (Wildman–Crippen MR) is 99.6 cm³/mol. The molecule has 0 spiro atoms. The summed E-state index contributed by atoms with van der Waals surface area (Å²) in [5.74, 6) is -2.99. The Morgan fingerprint density at radius 3 is 2.39 bits per heavy atom. The van der Waals surface area contributed by atoms with Crippen molar-refractivity contribution in [2.24, 2.45) is 0 Å². The topological polar surface area (TPSA) is 110 Å². The lowest BCUT2D eigenvalue weighted by atomic mass is 10.2. The number of sulfonamides is 2. The van der Waals surface area contributed by atoms with Crippen LogP contribution in [0.4, 0.5) is 14.5 Å². The van der Waals surface area contributed by atoms with E-state index >= 15 is 0 Å². The maximum Gasteiger partial charge on any atom is 0.234 e. The fourth-order valence-corrected chi connectivity index (χ4v) is 4.72. The van der Waals surface area contributed by atoms with Crippen molar-refractivity contribution in [1.29, 1.82) is 0 Å². The van der Waals surface area contributed by atoms with Gasteiger partial charge in [0.25, 0.3) is 0 Å². The summed E-state index contributed by atoms with van der Waals surface area (Å²) in [5, 5.41) is 3.99. The van der Waals surface area contributed by atoms with Crippen LogP contribution in [-0.2, 0) is 25.8 Å². The van der Waals surface area contributed by atoms with Gasteiger partial charge in [-0.1, -0.05) is 0 Å². The molecule has 0 unspecified atom stereocenters. The summed E-state index contributed by atoms with van der Waals surface area (Å²) in [7, 11) is -7.79. The second kappa shape index (κ2) is 7.81. The molecule has 0 saturated carbocycles. The second-order valence-electron chi connectivity index (χ2n) is 5.97. The molecule has 0 fully saturated rings. The zero-order valence-electron chi connectivity index (χ0n) is 14.3. The summed E-state index contributed by atoms with van der Waals surface area (Å²) in [6, 6.07) is 7.21. The molecule has 2 N–H and O–H groups in total. The molecular weight excluding hydrogens is 414 g/mol. The number of hydrogen-bond acceptors (Lipinski definition) is 5. The van der Waals surface area contributed by atoms with Gasteiger partial charge < -0.3 is 0 Å². The van der Waals surface area contributed by atoms with E-state index in [0.29, 0.717) is 17.3 Å². The highest BCUT2D eigenvalue weighted by atomic mass is 32.2.